The molecule has 0 bridgehead atoms. The van der Waals surface area contributed by atoms with Gasteiger partial charge in [0.15, 0.2) is 0 Å². The summed E-state index contributed by atoms with van der Waals surface area (Å²) in [6.45, 7) is 5.74. The van der Waals surface area contributed by atoms with E-state index in [0.717, 1.165) is 12.8 Å². The molecular weight excluding hydrogens is 252 g/mol. The summed E-state index contributed by atoms with van der Waals surface area (Å²) in [6.07, 6.45) is 13.2. The van der Waals surface area contributed by atoms with Crippen LogP contribution in [0.3, 0.4) is 0 Å². The van der Waals surface area contributed by atoms with Crippen LogP contribution in [0.1, 0.15) is 71.1 Å². The average molecular weight is 280 g/mol. The van der Waals surface area contributed by atoms with E-state index in [4.69, 9.17) is 4.74 Å². The Kier molecular flexibility index (Phi) is 8.28. The van der Waals surface area contributed by atoms with Gasteiger partial charge in [0.1, 0.15) is 11.9 Å². The van der Waals surface area contributed by atoms with Gasteiger partial charge in [0.2, 0.25) is 0 Å². The summed E-state index contributed by atoms with van der Waals surface area (Å²) in [5.41, 5.74) is 0.356. The Morgan fingerprint density at radius 3 is 2.15 bits per heavy atom. The summed E-state index contributed by atoms with van der Waals surface area (Å²) < 4.78 is 4.78. The van der Waals surface area contributed by atoms with E-state index in [0.29, 0.717) is 5.57 Å². The number of aliphatic hydroxyl groups excluding tert-OH is 1. The molecule has 0 aliphatic carbocycles. The van der Waals surface area contributed by atoms with E-state index < -0.39 is 12.1 Å². The Labute approximate surface area is 122 Å². The molecule has 1 N–H and O–H groups in total. The molecule has 114 valence electrons. The van der Waals surface area contributed by atoms with Crippen LogP contribution < -0.4 is 0 Å². The number of carbonyl (C=O) groups excluding carboxylic acids is 1. The van der Waals surface area contributed by atoms with Gasteiger partial charge in [-0.1, -0.05) is 70.9 Å². The van der Waals surface area contributed by atoms with Crippen molar-refractivity contribution in [3.05, 3.63) is 24.0 Å². The monoisotopic (exact) mass is 280 g/mol. The fraction of sp³-hybridized carbons (Fsp3) is 0.706. The second-order valence-electron chi connectivity index (χ2n) is 5.53. The number of rotatable bonds is 10. The van der Waals surface area contributed by atoms with Crippen molar-refractivity contribution in [3.8, 4) is 0 Å². The average Bonchev–Trinajstić information content (AvgIpc) is 2.67. The van der Waals surface area contributed by atoms with Crippen LogP contribution in [0.25, 0.3) is 0 Å². The number of esters is 1. The van der Waals surface area contributed by atoms with Gasteiger partial charge < -0.3 is 9.84 Å². The minimum atomic E-state index is -0.930. The van der Waals surface area contributed by atoms with Gasteiger partial charge in [0.25, 0.3) is 0 Å². The zero-order valence-electron chi connectivity index (χ0n) is 12.7. The van der Waals surface area contributed by atoms with E-state index in [1.54, 1.807) is 6.08 Å². The van der Waals surface area contributed by atoms with Gasteiger partial charge in [-0.25, -0.2) is 4.79 Å². The topological polar surface area (TPSA) is 46.5 Å². The third kappa shape index (κ3) is 5.91. The van der Waals surface area contributed by atoms with Crippen molar-refractivity contribution in [3.63, 3.8) is 0 Å². The molecule has 20 heavy (non-hydrogen) atoms. The van der Waals surface area contributed by atoms with Crippen LogP contribution >= 0.6 is 0 Å². The van der Waals surface area contributed by atoms with Crippen molar-refractivity contribution in [2.24, 2.45) is 0 Å². The lowest BCUT2D eigenvalue weighted by atomic mass is 10.0. The number of hydrogen-bond acceptors (Lipinski definition) is 3. The van der Waals surface area contributed by atoms with Crippen LogP contribution in [0.15, 0.2) is 24.0 Å². The minimum Gasteiger partial charge on any atom is -0.425 e. The van der Waals surface area contributed by atoms with Crippen molar-refractivity contribution in [1.82, 2.24) is 0 Å². The number of cyclic esters (lactones) is 1. The van der Waals surface area contributed by atoms with E-state index >= 15 is 0 Å². The van der Waals surface area contributed by atoms with Crippen LogP contribution in [0.2, 0.25) is 0 Å². The SMILES string of the molecule is C=C1OC(=O)/C(=C\CCCCCCCCCCC)[C@@H]1O. The molecule has 0 spiro atoms. The van der Waals surface area contributed by atoms with Crippen LogP contribution in [0, 0.1) is 0 Å². The van der Waals surface area contributed by atoms with E-state index in [1.165, 1.54) is 51.4 Å². The number of carbonyl (C=O) groups is 1. The van der Waals surface area contributed by atoms with Gasteiger partial charge >= 0.3 is 5.97 Å². The van der Waals surface area contributed by atoms with Gasteiger partial charge in [-0.3, -0.25) is 0 Å². The predicted molar refractivity (Wildman–Crippen MR) is 81.2 cm³/mol. The van der Waals surface area contributed by atoms with Crippen molar-refractivity contribution < 1.29 is 14.6 Å². The van der Waals surface area contributed by atoms with Gasteiger partial charge in [0.05, 0.1) is 5.57 Å². The second kappa shape index (κ2) is 9.76. The number of unbranched alkanes of at least 4 members (excludes halogenated alkanes) is 9. The molecule has 0 amide bonds. The van der Waals surface area contributed by atoms with E-state index in [1.807, 2.05) is 0 Å². The first-order valence-electron chi connectivity index (χ1n) is 7.96. The molecule has 1 aliphatic rings. The largest absolute Gasteiger partial charge is 0.425 e. The lowest BCUT2D eigenvalue weighted by Crippen LogP contribution is -2.07. The standard InChI is InChI=1S/C17H28O3/c1-3-4-5-6-7-8-9-10-11-12-13-15-16(18)14(2)20-17(15)19/h13,16,18H,2-12H2,1H3/b15-13-/t16-/m1/s1. The maximum Gasteiger partial charge on any atom is 0.341 e. The molecule has 0 saturated carbocycles. The van der Waals surface area contributed by atoms with Crippen LogP contribution in [-0.2, 0) is 9.53 Å². The molecule has 1 heterocycles. The number of ether oxygens (including phenoxy) is 1. The quantitative estimate of drug-likeness (QED) is 0.369. The van der Waals surface area contributed by atoms with E-state index in [-0.39, 0.29) is 5.76 Å². The van der Waals surface area contributed by atoms with Crippen molar-refractivity contribution in [1.29, 1.82) is 0 Å². The maximum absolute atomic E-state index is 11.4. The summed E-state index contributed by atoms with van der Waals surface area (Å²) >= 11 is 0. The Bertz CT molecular complexity index is 344. The molecule has 3 heteroatoms. The molecule has 0 aromatic heterocycles. The number of aliphatic hydroxyl groups is 1. The molecule has 0 aromatic rings. The van der Waals surface area contributed by atoms with E-state index in [9.17, 15) is 9.90 Å². The summed E-state index contributed by atoms with van der Waals surface area (Å²) in [5, 5.41) is 9.66. The lowest BCUT2D eigenvalue weighted by Gasteiger charge is -2.01. The molecule has 3 nitrogen and oxygen atoms in total. The predicted octanol–water partition coefficient (Wildman–Crippen LogP) is 4.27. The Morgan fingerprint density at radius 2 is 1.65 bits per heavy atom. The molecular formula is C17H28O3. The molecule has 1 rings (SSSR count). The number of allylic oxidation sites excluding steroid dienone is 1. The normalized spacial score (nSPS) is 20.7. The third-order valence-corrected chi connectivity index (χ3v) is 3.73. The second-order valence-corrected chi connectivity index (χ2v) is 5.53. The first-order chi connectivity index (χ1) is 9.66. The first kappa shape index (κ1) is 17.0. The summed E-state index contributed by atoms with van der Waals surface area (Å²) in [4.78, 5) is 11.4. The van der Waals surface area contributed by atoms with Gasteiger partial charge in [-0.2, -0.15) is 0 Å². The van der Waals surface area contributed by atoms with Crippen molar-refractivity contribution in [2.75, 3.05) is 0 Å². The highest BCUT2D eigenvalue weighted by molar-refractivity contribution is 5.93. The Balaban J connectivity index is 2.02. The zero-order chi connectivity index (χ0) is 14.8. The smallest absolute Gasteiger partial charge is 0.341 e. The Hall–Kier alpha value is -1.09. The Morgan fingerprint density at radius 1 is 1.10 bits per heavy atom. The number of hydrogen-bond donors (Lipinski definition) is 1. The highest BCUT2D eigenvalue weighted by atomic mass is 16.6. The summed E-state index contributed by atoms with van der Waals surface area (Å²) in [5.74, 6) is -0.299. The fourth-order valence-electron chi connectivity index (χ4n) is 2.43. The minimum absolute atomic E-state index is 0.147. The molecule has 0 unspecified atom stereocenters. The molecule has 1 aliphatic heterocycles. The summed E-state index contributed by atoms with van der Waals surface area (Å²) in [7, 11) is 0. The molecule has 0 radical (unpaired) electrons. The highest BCUT2D eigenvalue weighted by Gasteiger charge is 2.32. The molecule has 1 saturated heterocycles. The van der Waals surface area contributed by atoms with Crippen molar-refractivity contribution >= 4 is 5.97 Å². The van der Waals surface area contributed by atoms with Crippen molar-refractivity contribution in [2.45, 2.75) is 77.2 Å². The summed E-state index contributed by atoms with van der Waals surface area (Å²) in [6, 6.07) is 0. The van der Waals surface area contributed by atoms with Gasteiger partial charge in [0, 0.05) is 0 Å². The zero-order valence-corrected chi connectivity index (χ0v) is 12.7. The highest BCUT2D eigenvalue weighted by Crippen LogP contribution is 2.23. The van der Waals surface area contributed by atoms with E-state index in [2.05, 4.69) is 13.5 Å². The van der Waals surface area contributed by atoms with Gasteiger partial charge in [-0.05, 0) is 12.8 Å². The maximum atomic E-state index is 11.4. The van der Waals surface area contributed by atoms with Crippen LogP contribution in [0.5, 0.6) is 0 Å². The van der Waals surface area contributed by atoms with Crippen LogP contribution in [0.4, 0.5) is 0 Å². The third-order valence-electron chi connectivity index (χ3n) is 3.73. The first-order valence-corrected chi connectivity index (χ1v) is 7.96. The molecule has 1 atom stereocenters. The van der Waals surface area contributed by atoms with Gasteiger partial charge in [-0.15, -0.1) is 0 Å². The fourth-order valence-corrected chi connectivity index (χ4v) is 2.43. The molecule has 1 fully saturated rings. The lowest BCUT2D eigenvalue weighted by molar-refractivity contribution is -0.132. The van der Waals surface area contributed by atoms with Crippen LogP contribution in [-0.4, -0.2) is 17.2 Å². The molecule has 0 aromatic carbocycles.